The van der Waals surface area contributed by atoms with E-state index in [1.807, 2.05) is 0 Å². The zero-order valence-electron chi connectivity index (χ0n) is 11.3. The van der Waals surface area contributed by atoms with Crippen LogP contribution in [0.5, 0.6) is 0 Å². The van der Waals surface area contributed by atoms with Crippen LogP contribution in [0, 0.1) is 15.5 Å². The third-order valence-corrected chi connectivity index (χ3v) is 4.39. The molecule has 0 radical (unpaired) electrons. The molecule has 110 valence electrons. The highest BCUT2D eigenvalue weighted by molar-refractivity contribution is 6.33. The topological polar surface area (TPSA) is 75.4 Å². The van der Waals surface area contributed by atoms with E-state index in [0.717, 1.165) is 25.7 Å². The van der Waals surface area contributed by atoms with Crippen LogP contribution in [0.25, 0.3) is 0 Å². The van der Waals surface area contributed by atoms with Crippen LogP contribution in [-0.4, -0.2) is 23.2 Å². The molecule has 5 nitrogen and oxygen atoms in total. The Bertz CT molecular complexity index is 487. The minimum absolute atomic E-state index is 0.0265. The number of hydrogen-bond acceptors (Lipinski definition) is 4. The number of aliphatic hydroxyl groups excluding tert-OH is 1. The normalized spacial score (nSPS) is 17.7. The van der Waals surface area contributed by atoms with Gasteiger partial charge in [0, 0.05) is 18.0 Å². The Morgan fingerprint density at radius 1 is 1.35 bits per heavy atom. The first kappa shape index (κ1) is 15.1. The number of halogens is 1. The maximum atomic E-state index is 11.0. The summed E-state index contributed by atoms with van der Waals surface area (Å²) in [6, 6.07) is 4.62. The maximum absolute atomic E-state index is 11.0. The van der Waals surface area contributed by atoms with Crippen LogP contribution >= 0.6 is 11.6 Å². The molecule has 0 atom stereocenters. The molecule has 0 bridgehead atoms. The van der Waals surface area contributed by atoms with Crippen LogP contribution < -0.4 is 5.32 Å². The Hall–Kier alpha value is -1.33. The molecular weight excluding hydrogens is 280 g/mol. The molecule has 0 aromatic heterocycles. The van der Waals surface area contributed by atoms with Crippen molar-refractivity contribution in [3.63, 3.8) is 0 Å². The number of rotatable bonds is 5. The molecule has 0 heterocycles. The summed E-state index contributed by atoms with van der Waals surface area (Å²) in [6.07, 6.45) is 5.25. The summed E-state index contributed by atoms with van der Waals surface area (Å²) in [5, 5.41) is 24.1. The third-order valence-electron chi connectivity index (χ3n) is 4.08. The molecule has 1 aromatic rings. The van der Waals surface area contributed by atoms with Gasteiger partial charge in [0.15, 0.2) is 0 Å². The van der Waals surface area contributed by atoms with Gasteiger partial charge in [-0.15, -0.1) is 0 Å². The first-order valence-electron chi connectivity index (χ1n) is 6.86. The second-order valence-corrected chi connectivity index (χ2v) is 5.87. The van der Waals surface area contributed by atoms with E-state index in [4.69, 9.17) is 11.6 Å². The van der Waals surface area contributed by atoms with Gasteiger partial charge in [0.1, 0.15) is 5.69 Å². The number of nitro groups is 1. The monoisotopic (exact) mass is 298 g/mol. The van der Waals surface area contributed by atoms with E-state index in [-0.39, 0.29) is 17.7 Å². The van der Waals surface area contributed by atoms with E-state index < -0.39 is 4.92 Å². The molecule has 2 N–H and O–H groups in total. The van der Waals surface area contributed by atoms with Gasteiger partial charge in [0.05, 0.1) is 16.6 Å². The zero-order chi connectivity index (χ0) is 14.6. The van der Waals surface area contributed by atoms with Gasteiger partial charge in [-0.3, -0.25) is 10.1 Å². The predicted octanol–water partition coefficient (Wildman–Crippen LogP) is 3.60. The number of anilines is 1. The Kier molecular flexibility index (Phi) is 4.83. The molecule has 1 saturated carbocycles. The number of nitrogens with one attached hydrogen (secondary N) is 1. The van der Waals surface area contributed by atoms with Crippen molar-refractivity contribution < 1.29 is 10.0 Å². The SMILES string of the molecule is O=[N+]([O-])c1cccc(Cl)c1NCC1(CO)CCCCC1. The minimum Gasteiger partial charge on any atom is -0.396 e. The van der Waals surface area contributed by atoms with Crippen molar-refractivity contribution in [3.8, 4) is 0 Å². The van der Waals surface area contributed by atoms with E-state index in [9.17, 15) is 15.2 Å². The Balaban J connectivity index is 2.15. The van der Waals surface area contributed by atoms with Gasteiger partial charge >= 0.3 is 0 Å². The number of nitro benzene ring substituents is 1. The molecule has 1 aromatic carbocycles. The van der Waals surface area contributed by atoms with Gasteiger partial charge in [0.2, 0.25) is 0 Å². The first-order valence-corrected chi connectivity index (χ1v) is 7.23. The molecule has 0 saturated heterocycles. The summed E-state index contributed by atoms with van der Waals surface area (Å²) in [5.74, 6) is 0. The average Bonchev–Trinajstić information content (AvgIpc) is 2.46. The number of benzene rings is 1. The second-order valence-electron chi connectivity index (χ2n) is 5.46. The van der Waals surface area contributed by atoms with E-state index in [0.29, 0.717) is 17.3 Å². The van der Waals surface area contributed by atoms with Crippen molar-refractivity contribution in [1.82, 2.24) is 0 Å². The van der Waals surface area contributed by atoms with Crippen molar-refractivity contribution >= 4 is 23.0 Å². The maximum Gasteiger partial charge on any atom is 0.293 e. The molecule has 2 rings (SSSR count). The Morgan fingerprint density at radius 3 is 2.65 bits per heavy atom. The lowest BCUT2D eigenvalue weighted by atomic mass is 9.74. The van der Waals surface area contributed by atoms with Crippen molar-refractivity contribution in [3.05, 3.63) is 33.3 Å². The van der Waals surface area contributed by atoms with Crippen molar-refractivity contribution in [2.75, 3.05) is 18.5 Å². The Labute approximate surface area is 123 Å². The minimum atomic E-state index is -0.444. The molecule has 0 aliphatic heterocycles. The highest BCUT2D eigenvalue weighted by atomic mass is 35.5. The molecule has 1 aliphatic rings. The van der Waals surface area contributed by atoms with Gasteiger partial charge < -0.3 is 10.4 Å². The largest absolute Gasteiger partial charge is 0.396 e. The smallest absolute Gasteiger partial charge is 0.293 e. The van der Waals surface area contributed by atoms with Crippen LogP contribution in [0.1, 0.15) is 32.1 Å². The molecule has 0 unspecified atom stereocenters. The molecular formula is C14H19ClN2O3. The van der Waals surface area contributed by atoms with E-state index in [1.54, 1.807) is 12.1 Å². The van der Waals surface area contributed by atoms with E-state index >= 15 is 0 Å². The molecule has 1 aliphatic carbocycles. The van der Waals surface area contributed by atoms with Gasteiger partial charge in [-0.25, -0.2) is 0 Å². The fraction of sp³-hybridized carbons (Fsp3) is 0.571. The predicted molar refractivity (Wildman–Crippen MR) is 79.2 cm³/mol. The molecule has 0 spiro atoms. The summed E-state index contributed by atoms with van der Waals surface area (Å²) in [4.78, 5) is 10.6. The van der Waals surface area contributed by atoms with Gasteiger partial charge in [-0.2, -0.15) is 0 Å². The summed E-state index contributed by atoms with van der Waals surface area (Å²) >= 11 is 6.05. The zero-order valence-corrected chi connectivity index (χ0v) is 12.0. The third kappa shape index (κ3) is 3.22. The highest BCUT2D eigenvalue weighted by Crippen LogP contribution is 2.38. The van der Waals surface area contributed by atoms with Gasteiger partial charge in [-0.1, -0.05) is 36.9 Å². The van der Waals surface area contributed by atoms with Gasteiger partial charge in [-0.05, 0) is 18.9 Å². The molecule has 20 heavy (non-hydrogen) atoms. The Morgan fingerprint density at radius 2 is 2.05 bits per heavy atom. The second kappa shape index (κ2) is 6.41. The van der Waals surface area contributed by atoms with E-state index in [2.05, 4.69) is 5.32 Å². The number of nitrogens with zero attached hydrogens (tertiary/aromatic N) is 1. The first-order chi connectivity index (χ1) is 9.58. The standard InChI is InChI=1S/C14H19ClN2O3/c15-11-5-4-6-12(17(19)20)13(11)16-9-14(10-18)7-2-1-3-8-14/h4-6,16,18H,1-3,7-10H2. The lowest BCUT2D eigenvalue weighted by Crippen LogP contribution is -2.35. The van der Waals surface area contributed by atoms with Crippen LogP contribution in [0.15, 0.2) is 18.2 Å². The quantitative estimate of drug-likeness (QED) is 0.643. The summed E-state index contributed by atoms with van der Waals surface area (Å²) in [6.45, 7) is 0.603. The fourth-order valence-corrected chi connectivity index (χ4v) is 3.04. The lowest BCUT2D eigenvalue weighted by Gasteiger charge is -2.36. The summed E-state index contributed by atoms with van der Waals surface area (Å²) in [5.41, 5.74) is 0.129. The fourth-order valence-electron chi connectivity index (χ4n) is 2.81. The summed E-state index contributed by atoms with van der Waals surface area (Å²) in [7, 11) is 0. The van der Waals surface area contributed by atoms with Crippen LogP contribution in [-0.2, 0) is 0 Å². The van der Waals surface area contributed by atoms with Crippen molar-refractivity contribution in [1.29, 1.82) is 0 Å². The number of hydrogen-bond donors (Lipinski definition) is 2. The molecule has 1 fully saturated rings. The molecule has 0 amide bonds. The highest BCUT2D eigenvalue weighted by Gasteiger charge is 2.32. The van der Waals surface area contributed by atoms with Crippen LogP contribution in [0.3, 0.4) is 0 Å². The molecule has 6 heteroatoms. The van der Waals surface area contributed by atoms with E-state index in [1.165, 1.54) is 12.5 Å². The van der Waals surface area contributed by atoms with Crippen molar-refractivity contribution in [2.45, 2.75) is 32.1 Å². The lowest BCUT2D eigenvalue weighted by molar-refractivity contribution is -0.384. The average molecular weight is 299 g/mol. The number of aliphatic hydroxyl groups is 1. The van der Waals surface area contributed by atoms with Crippen LogP contribution in [0.4, 0.5) is 11.4 Å². The summed E-state index contributed by atoms with van der Waals surface area (Å²) < 4.78 is 0. The number of para-hydroxylation sites is 1. The van der Waals surface area contributed by atoms with Crippen LogP contribution in [0.2, 0.25) is 5.02 Å². The van der Waals surface area contributed by atoms with Gasteiger partial charge in [0.25, 0.3) is 5.69 Å². The van der Waals surface area contributed by atoms with Crippen molar-refractivity contribution in [2.24, 2.45) is 5.41 Å².